The fraction of sp³-hybridized carbons (Fsp3) is 0.429. The van der Waals surface area contributed by atoms with Gasteiger partial charge in [0.05, 0.1) is 6.54 Å². The summed E-state index contributed by atoms with van der Waals surface area (Å²) >= 11 is 3.28. The minimum atomic E-state index is -0.184. The van der Waals surface area contributed by atoms with E-state index in [1.807, 2.05) is 23.7 Å². The Hall–Kier alpha value is -1.27. The van der Waals surface area contributed by atoms with Crippen molar-refractivity contribution in [2.75, 3.05) is 0 Å². The van der Waals surface area contributed by atoms with Gasteiger partial charge in [-0.15, -0.1) is 0 Å². The first-order chi connectivity index (χ1) is 9.63. The Balaban J connectivity index is 1.69. The lowest BCUT2D eigenvalue weighted by Crippen LogP contribution is -2.39. The molecule has 0 spiro atoms. The molecule has 2 heterocycles. The number of aryl methyl sites for hydroxylation is 1. The molecule has 0 aliphatic carbocycles. The van der Waals surface area contributed by atoms with Gasteiger partial charge in [-0.1, -0.05) is 22.0 Å². The number of fused-ring (bicyclic) bond motifs is 1. The van der Waals surface area contributed by atoms with E-state index >= 15 is 0 Å². The zero-order valence-electron chi connectivity index (χ0n) is 11.2. The van der Waals surface area contributed by atoms with Crippen LogP contribution in [0.1, 0.15) is 30.8 Å². The van der Waals surface area contributed by atoms with Crippen LogP contribution >= 0.6 is 15.9 Å². The maximum absolute atomic E-state index is 13.9. The van der Waals surface area contributed by atoms with Crippen LogP contribution in [0.15, 0.2) is 29.0 Å². The first kappa shape index (κ1) is 13.7. The van der Waals surface area contributed by atoms with E-state index in [0.717, 1.165) is 29.7 Å². The summed E-state index contributed by atoms with van der Waals surface area (Å²) < 4.78 is 16.6. The Bertz CT molecular complexity index is 613. The van der Waals surface area contributed by atoms with Crippen LogP contribution in [0, 0.1) is 5.82 Å². The molecule has 0 amide bonds. The van der Waals surface area contributed by atoms with Gasteiger partial charge in [0.1, 0.15) is 18.0 Å². The van der Waals surface area contributed by atoms with Crippen molar-refractivity contribution in [3.8, 4) is 0 Å². The predicted molar refractivity (Wildman–Crippen MR) is 77.8 cm³/mol. The third-order valence-corrected chi connectivity index (χ3v) is 4.21. The molecular formula is C14H16BrFN4. The number of hydrogen-bond donors (Lipinski definition) is 1. The standard InChI is InChI=1S/C14H16BrFN4/c1-9(12-4-2-10(15)6-13(12)16)19-11-3-5-14-17-8-18-20(14)7-11/h2,4,6,8-9,11,19H,3,5,7H2,1H3/t9-,11-/m1/s1. The molecule has 4 nitrogen and oxygen atoms in total. The van der Waals surface area contributed by atoms with Crippen LogP contribution in [0.25, 0.3) is 0 Å². The zero-order chi connectivity index (χ0) is 14.1. The van der Waals surface area contributed by atoms with Crippen LogP contribution in [-0.4, -0.2) is 20.8 Å². The fourth-order valence-corrected chi connectivity index (χ4v) is 3.00. The largest absolute Gasteiger partial charge is 0.305 e. The predicted octanol–water partition coefficient (Wildman–Crippen LogP) is 2.85. The average molecular weight is 339 g/mol. The first-order valence-corrected chi connectivity index (χ1v) is 7.50. The number of rotatable bonds is 3. The third kappa shape index (κ3) is 2.76. The molecule has 0 saturated heterocycles. The van der Waals surface area contributed by atoms with Crippen LogP contribution in [0.5, 0.6) is 0 Å². The average Bonchev–Trinajstić information content (AvgIpc) is 2.85. The van der Waals surface area contributed by atoms with Crippen molar-refractivity contribution < 1.29 is 4.39 Å². The van der Waals surface area contributed by atoms with E-state index in [0.29, 0.717) is 11.6 Å². The number of hydrogen-bond acceptors (Lipinski definition) is 3. The molecule has 6 heteroatoms. The molecule has 1 aliphatic rings. The van der Waals surface area contributed by atoms with Crippen molar-refractivity contribution in [2.45, 2.75) is 38.4 Å². The summed E-state index contributed by atoms with van der Waals surface area (Å²) in [6.45, 7) is 2.78. The van der Waals surface area contributed by atoms with Crippen LogP contribution < -0.4 is 5.32 Å². The molecule has 106 valence electrons. The van der Waals surface area contributed by atoms with Crippen LogP contribution in [-0.2, 0) is 13.0 Å². The van der Waals surface area contributed by atoms with Crippen molar-refractivity contribution in [3.05, 3.63) is 46.2 Å². The Morgan fingerprint density at radius 3 is 3.15 bits per heavy atom. The highest BCUT2D eigenvalue weighted by atomic mass is 79.9. The van der Waals surface area contributed by atoms with Gasteiger partial charge in [-0.3, -0.25) is 0 Å². The van der Waals surface area contributed by atoms with Crippen LogP contribution in [0.3, 0.4) is 0 Å². The minimum Gasteiger partial charge on any atom is -0.305 e. The highest BCUT2D eigenvalue weighted by Gasteiger charge is 2.22. The van der Waals surface area contributed by atoms with Crippen LogP contribution in [0.2, 0.25) is 0 Å². The quantitative estimate of drug-likeness (QED) is 0.935. The molecule has 1 aliphatic heterocycles. The van der Waals surface area contributed by atoms with E-state index < -0.39 is 0 Å². The lowest BCUT2D eigenvalue weighted by Gasteiger charge is -2.27. The van der Waals surface area contributed by atoms with Crippen molar-refractivity contribution in [1.29, 1.82) is 0 Å². The molecule has 20 heavy (non-hydrogen) atoms. The van der Waals surface area contributed by atoms with Gasteiger partial charge in [0.25, 0.3) is 0 Å². The number of halogens is 2. The summed E-state index contributed by atoms with van der Waals surface area (Å²) in [5.74, 6) is 0.849. The lowest BCUT2D eigenvalue weighted by atomic mass is 10.0. The Kier molecular flexibility index (Phi) is 3.85. The Morgan fingerprint density at radius 1 is 1.50 bits per heavy atom. The van der Waals surface area contributed by atoms with Gasteiger partial charge in [0.15, 0.2) is 0 Å². The Morgan fingerprint density at radius 2 is 2.35 bits per heavy atom. The molecule has 0 fully saturated rings. The highest BCUT2D eigenvalue weighted by molar-refractivity contribution is 9.10. The van der Waals surface area contributed by atoms with Gasteiger partial charge in [0.2, 0.25) is 0 Å². The summed E-state index contributed by atoms with van der Waals surface area (Å²) in [7, 11) is 0. The molecule has 1 aromatic carbocycles. The van der Waals surface area contributed by atoms with Crippen molar-refractivity contribution in [1.82, 2.24) is 20.1 Å². The molecule has 0 saturated carbocycles. The number of benzene rings is 1. The maximum Gasteiger partial charge on any atom is 0.138 e. The summed E-state index contributed by atoms with van der Waals surface area (Å²) in [4.78, 5) is 4.21. The van der Waals surface area contributed by atoms with E-state index in [4.69, 9.17) is 0 Å². The summed E-state index contributed by atoms with van der Waals surface area (Å²) in [5.41, 5.74) is 0.692. The van der Waals surface area contributed by atoms with Crippen molar-refractivity contribution >= 4 is 15.9 Å². The SMILES string of the molecule is C[C@@H](N[C@@H]1CCc2ncnn2C1)c1ccc(Br)cc1F. The Labute approximate surface area is 125 Å². The van der Waals surface area contributed by atoms with Crippen molar-refractivity contribution in [3.63, 3.8) is 0 Å². The normalized spacial score (nSPS) is 19.6. The monoisotopic (exact) mass is 338 g/mol. The summed E-state index contributed by atoms with van der Waals surface area (Å²) in [5, 5.41) is 7.68. The topological polar surface area (TPSA) is 42.7 Å². The molecule has 1 N–H and O–H groups in total. The smallest absolute Gasteiger partial charge is 0.138 e. The van der Waals surface area contributed by atoms with Crippen LogP contribution in [0.4, 0.5) is 4.39 Å². The van der Waals surface area contributed by atoms with Gasteiger partial charge < -0.3 is 5.32 Å². The second-order valence-corrected chi connectivity index (χ2v) is 6.06. The zero-order valence-corrected chi connectivity index (χ0v) is 12.8. The molecule has 1 aromatic heterocycles. The third-order valence-electron chi connectivity index (χ3n) is 3.72. The van der Waals surface area contributed by atoms with Crippen molar-refractivity contribution in [2.24, 2.45) is 0 Å². The van der Waals surface area contributed by atoms with Gasteiger partial charge in [-0.05, 0) is 25.5 Å². The molecule has 0 bridgehead atoms. The number of nitrogens with zero attached hydrogens (tertiary/aromatic N) is 3. The molecule has 0 radical (unpaired) electrons. The summed E-state index contributed by atoms with van der Waals surface area (Å²) in [6, 6.07) is 5.46. The van der Waals surface area contributed by atoms with E-state index in [1.165, 1.54) is 6.07 Å². The molecular weight excluding hydrogens is 323 g/mol. The molecule has 2 aromatic rings. The number of nitrogens with one attached hydrogen (secondary N) is 1. The second-order valence-electron chi connectivity index (χ2n) is 5.15. The highest BCUT2D eigenvalue weighted by Crippen LogP contribution is 2.22. The van der Waals surface area contributed by atoms with E-state index in [2.05, 4.69) is 31.3 Å². The van der Waals surface area contributed by atoms with E-state index in [9.17, 15) is 4.39 Å². The fourth-order valence-electron chi connectivity index (χ4n) is 2.67. The lowest BCUT2D eigenvalue weighted by molar-refractivity contribution is 0.331. The van der Waals surface area contributed by atoms with Gasteiger partial charge in [0, 0.05) is 28.5 Å². The summed E-state index contributed by atoms with van der Waals surface area (Å²) in [6.07, 6.45) is 3.50. The first-order valence-electron chi connectivity index (χ1n) is 6.71. The minimum absolute atomic E-state index is 0.0295. The second kappa shape index (κ2) is 5.61. The maximum atomic E-state index is 13.9. The van der Waals surface area contributed by atoms with Gasteiger partial charge in [-0.2, -0.15) is 5.10 Å². The van der Waals surface area contributed by atoms with Gasteiger partial charge >= 0.3 is 0 Å². The van der Waals surface area contributed by atoms with E-state index in [1.54, 1.807) is 6.33 Å². The van der Waals surface area contributed by atoms with E-state index in [-0.39, 0.29) is 11.9 Å². The molecule has 0 unspecified atom stereocenters. The molecule has 2 atom stereocenters. The van der Waals surface area contributed by atoms with Gasteiger partial charge in [-0.25, -0.2) is 14.1 Å². The number of aromatic nitrogens is 3. The molecule has 3 rings (SSSR count).